The van der Waals surface area contributed by atoms with Gasteiger partial charge in [0.15, 0.2) is 0 Å². The second-order valence-corrected chi connectivity index (χ2v) is 8.60. The predicted octanol–water partition coefficient (Wildman–Crippen LogP) is 4.22. The summed E-state index contributed by atoms with van der Waals surface area (Å²) in [7, 11) is 0. The number of nitrogens with one attached hydrogen (secondary N) is 2. The lowest BCUT2D eigenvalue weighted by Gasteiger charge is -2.12. The molecule has 28 heavy (non-hydrogen) atoms. The van der Waals surface area contributed by atoms with Gasteiger partial charge in [-0.3, -0.25) is 14.4 Å². The molecule has 7 heteroatoms. The number of anilines is 1. The molecule has 0 fully saturated rings. The number of amides is 2. The molecule has 2 heterocycles. The van der Waals surface area contributed by atoms with Crippen LogP contribution in [-0.2, 0) is 16.1 Å². The molecular weight excluding hydrogens is 392 g/mol. The molecule has 0 unspecified atom stereocenters. The van der Waals surface area contributed by atoms with E-state index in [-0.39, 0.29) is 12.3 Å². The van der Waals surface area contributed by atoms with Crippen molar-refractivity contribution in [3.8, 4) is 0 Å². The standard InChI is InChI=1S/C21H20N2O3S2/c1-12-9-13(2)18(14(3)10-12)23-21(26)20(25)22-11-15-6-7-17(28-15)19(24)16-5-4-8-27-16/h4-10H,11H2,1-3H3,(H,22,25)(H,23,26). The summed E-state index contributed by atoms with van der Waals surface area (Å²) in [5.41, 5.74) is 3.58. The number of ketones is 1. The van der Waals surface area contributed by atoms with Gasteiger partial charge >= 0.3 is 11.8 Å². The molecule has 3 rings (SSSR count). The number of aryl methyl sites for hydroxylation is 3. The summed E-state index contributed by atoms with van der Waals surface area (Å²) in [6.07, 6.45) is 0. The first-order valence-corrected chi connectivity index (χ1v) is 10.4. The molecule has 0 bridgehead atoms. The minimum atomic E-state index is -0.709. The third-order valence-electron chi connectivity index (χ3n) is 4.18. The minimum Gasteiger partial charge on any atom is -0.343 e. The SMILES string of the molecule is Cc1cc(C)c(NC(=O)C(=O)NCc2ccc(C(=O)c3cccs3)s2)c(C)c1. The van der Waals surface area contributed by atoms with Crippen molar-refractivity contribution in [1.82, 2.24) is 5.32 Å². The number of carbonyl (C=O) groups excluding carboxylic acids is 3. The molecular formula is C21H20N2O3S2. The Balaban J connectivity index is 1.59. The number of hydrogen-bond acceptors (Lipinski definition) is 5. The third-order valence-corrected chi connectivity index (χ3v) is 6.13. The highest BCUT2D eigenvalue weighted by molar-refractivity contribution is 7.16. The maximum atomic E-state index is 12.3. The van der Waals surface area contributed by atoms with Gasteiger partial charge in [0.2, 0.25) is 5.78 Å². The van der Waals surface area contributed by atoms with Gasteiger partial charge in [0.1, 0.15) is 0 Å². The lowest BCUT2D eigenvalue weighted by Crippen LogP contribution is -2.35. The van der Waals surface area contributed by atoms with Crippen LogP contribution in [0.15, 0.2) is 41.8 Å². The maximum Gasteiger partial charge on any atom is 0.313 e. The third kappa shape index (κ3) is 4.55. The van der Waals surface area contributed by atoms with Crippen molar-refractivity contribution < 1.29 is 14.4 Å². The van der Waals surface area contributed by atoms with E-state index < -0.39 is 11.8 Å². The van der Waals surface area contributed by atoms with Gasteiger partial charge in [-0.15, -0.1) is 22.7 Å². The Morgan fingerprint density at radius 2 is 1.64 bits per heavy atom. The van der Waals surface area contributed by atoms with Gasteiger partial charge in [-0.2, -0.15) is 0 Å². The largest absolute Gasteiger partial charge is 0.343 e. The molecule has 2 amide bonds. The van der Waals surface area contributed by atoms with Crippen LogP contribution in [-0.4, -0.2) is 17.6 Å². The zero-order valence-electron chi connectivity index (χ0n) is 15.8. The molecule has 0 aliphatic heterocycles. The Morgan fingerprint density at radius 3 is 2.29 bits per heavy atom. The molecule has 0 aliphatic rings. The lowest BCUT2D eigenvalue weighted by atomic mass is 10.1. The van der Waals surface area contributed by atoms with Gasteiger partial charge < -0.3 is 10.6 Å². The summed E-state index contributed by atoms with van der Waals surface area (Å²) in [4.78, 5) is 38.8. The lowest BCUT2D eigenvalue weighted by molar-refractivity contribution is -0.136. The van der Waals surface area contributed by atoms with Crippen LogP contribution in [0.2, 0.25) is 0 Å². The van der Waals surface area contributed by atoms with Crippen molar-refractivity contribution in [2.45, 2.75) is 27.3 Å². The summed E-state index contributed by atoms with van der Waals surface area (Å²) >= 11 is 2.71. The minimum absolute atomic E-state index is 0.0272. The molecule has 2 N–H and O–H groups in total. The Labute approximate surface area is 171 Å². The van der Waals surface area contributed by atoms with Crippen molar-refractivity contribution in [3.05, 3.63) is 73.1 Å². The molecule has 3 aromatic rings. The molecule has 5 nitrogen and oxygen atoms in total. The van der Waals surface area contributed by atoms with Crippen LogP contribution in [0.4, 0.5) is 5.69 Å². The zero-order chi connectivity index (χ0) is 20.3. The Morgan fingerprint density at radius 1 is 0.929 bits per heavy atom. The number of thiophene rings is 2. The van der Waals surface area contributed by atoms with Crippen LogP contribution >= 0.6 is 22.7 Å². The van der Waals surface area contributed by atoms with E-state index in [1.165, 1.54) is 22.7 Å². The summed E-state index contributed by atoms with van der Waals surface area (Å²) in [6.45, 7) is 5.97. The van der Waals surface area contributed by atoms with Crippen molar-refractivity contribution in [1.29, 1.82) is 0 Å². The fourth-order valence-electron chi connectivity index (χ4n) is 2.92. The highest BCUT2D eigenvalue weighted by Crippen LogP contribution is 2.23. The molecule has 0 saturated heterocycles. The summed E-state index contributed by atoms with van der Waals surface area (Å²) in [5, 5.41) is 7.15. The number of rotatable bonds is 5. The van der Waals surface area contributed by atoms with E-state index >= 15 is 0 Å². The monoisotopic (exact) mass is 412 g/mol. The number of hydrogen-bond donors (Lipinski definition) is 2. The first kappa shape index (κ1) is 20.0. The van der Waals surface area contributed by atoms with E-state index in [0.29, 0.717) is 15.4 Å². The molecule has 144 valence electrons. The highest BCUT2D eigenvalue weighted by Gasteiger charge is 2.17. The van der Waals surface area contributed by atoms with Crippen LogP contribution in [0.5, 0.6) is 0 Å². The number of carbonyl (C=O) groups is 3. The van der Waals surface area contributed by atoms with Crippen molar-refractivity contribution >= 4 is 46.0 Å². The van der Waals surface area contributed by atoms with Crippen LogP contribution < -0.4 is 10.6 Å². The van der Waals surface area contributed by atoms with E-state index in [1.807, 2.05) is 44.4 Å². The average Bonchev–Trinajstić information content (AvgIpc) is 3.33. The van der Waals surface area contributed by atoms with Gasteiger partial charge in [-0.05, 0) is 55.5 Å². The summed E-state index contributed by atoms with van der Waals surface area (Å²) in [6, 6.07) is 11.1. The maximum absolute atomic E-state index is 12.3. The molecule has 0 spiro atoms. The Kier molecular flexibility index (Phi) is 6.06. The first-order chi connectivity index (χ1) is 13.3. The molecule has 0 atom stereocenters. The van der Waals surface area contributed by atoms with Crippen LogP contribution in [0.1, 0.15) is 36.1 Å². The molecule has 1 aromatic carbocycles. The second-order valence-electron chi connectivity index (χ2n) is 6.48. The van der Waals surface area contributed by atoms with Crippen molar-refractivity contribution in [2.75, 3.05) is 5.32 Å². The Hall–Kier alpha value is -2.77. The van der Waals surface area contributed by atoms with Gasteiger partial charge in [0.05, 0.1) is 16.3 Å². The van der Waals surface area contributed by atoms with Crippen LogP contribution in [0, 0.1) is 20.8 Å². The van der Waals surface area contributed by atoms with Crippen LogP contribution in [0.25, 0.3) is 0 Å². The highest BCUT2D eigenvalue weighted by atomic mass is 32.1. The van der Waals surface area contributed by atoms with Gasteiger partial charge in [-0.25, -0.2) is 0 Å². The zero-order valence-corrected chi connectivity index (χ0v) is 17.4. The Bertz CT molecular complexity index is 1010. The second kappa shape index (κ2) is 8.50. The van der Waals surface area contributed by atoms with E-state index in [4.69, 9.17) is 0 Å². The quantitative estimate of drug-likeness (QED) is 0.487. The molecule has 0 aliphatic carbocycles. The van der Waals surface area contributed by atoms with Gasteiger partial charge in [0, 0.05) is 10.6 Å². The fourth-order valence-corrected chi connectivity index (χ4v) is 4.56. The van der Waals surface area contributed by atoms with E-state index in [0.717, 1.165) is 21.6 Å². The van der Waals surface area contributed by atoms with E-state index in [1.54, 1.807) is 18.2 Å². The first-order valence-electron chi connectivity index (χ1n) is 8.69. The topological polar surface area (TPSA) is 75.3 Å². The summed E-state index contributed by atoms with van der Waals surface area (Å²) < 4.78 is 0. The average molecular weight is 413 g/mol. The van der Waals surface area contributed by atoms with Crippen molar-refractivity contribution in [3.63, 3.8) is 0 Å². The van der Waals surface area contributed by atoms with Gasteiger partial charge in [0.25, 0.3) is 0 Å². The van der Waals surface area contributed by atoms with Crippen molar-refractivity contribution in [2.24, 2.45) is 0 Å². The van der Waals surface area contributed by atoms with Crippen LogP contribution in [0.3, 0.4) is 0 Å². The van der Waals surface area contributed by atoms with E-state index in [9.17, 15) is 14.4 Å². The van der Waals surface area contributed by atoms with E-state index in [2.05, 4.69) is 10.6 Å². The predicted molar refractivity (Wildman–Crippen MR) is 113 cm³/mol. The normalized spacial score (nSPS) is 10.5. The number of benzene rings is 1. The molecule has 0 radical (unpaired) electrons. The fraction of sp³-hybridized carbons (Fsp3) is 0.190. The molecule has 2 aromatic heterocycles. The smallest absolute Gasteiger partial charge is 0.313 e. The van der Waals surface area contributed by atoms with Gasteiger partial charge in [-0.1, -0.05) is 23.8 Å². The summed E-state index contributed by atoms with van der Waals surface area (Å²) in [5.74, 6) is -1.44. The molecule has 0 saturated carbocycles.